The molecule has 0 amide bonds. The van der Waals surface area contributed by atoms with Gasteiger partial charge in [0.25, 0.3) is 0 Å². The lowest BCUT2D eigenvalue weighted by Gasteiger charge is -2.53. The van der Waals surface area contributed by atoms with E-state index in [0.29, 0.717) is 29.7 Å². The molecule has 3 aromatic carbocycles. The Kier molecular flexibility index (Phi) is 9.11. The van der Waals surface area contributed by atoms with Crippen molar-refractivity contribution in [3.05, 3.63) is 105 Å². The van der Waals surface area contributed by atoms with Gasteiger partial charge in [0.1, 0.15) is 12.3 Å². The number of quaternary nitrogens is 1. The molecule has 214 valence electrons. The van der Waals surface area contributed by atoms with Gasteiger partial charge in [0.15, 0.2) is 0 Å². The molecule has 0 radical (unpaired) electrons. The predicted molar refractivity (Wildman–Crippen MR) is 163 cm³/mol. The van der Waals surface area contributed by atoms with E-state index >= 15 is 0 Å². The molecule has 2 heterocycles. The van der Waals surface area contributed by atoms with Crippen molar-refractivity contribution in [2.45, 2.75) is 56.1 Å². The van der Waals surface area contributed by atoms with Gasteiger partial charge in [-0.3, -0.25) is 0 Å². The molecule has 0 saturated carbocycles. The first kappa shape index (κ1) is 29.4. The van der Waals surface area contributed by atoms with Crippen LogP contribution < -0.4 is 4.74 Å². The van der Waals surface area contributed by atoms with Gasteiger partial charge in [-0.2, -0.15) is 0 Å². The van der Waals surface area contributed by atoms with E-state index in [1.54, 1.807) is 7.11 Å². The van der Waals surface area contributed by atoms with Crippen LogP contribution in [0.2, 0.25) is 10.0 Å². The first-order chi connectivity index (χ1) is 19.2. The van der Waals surface area contributed by atoms with Crippen molar-refractivity contribution in [1.29, 1.82) is 0 Å². The molecular formula is C33H40Cl2N2O3. The van der Waals surface area contributed by atoms with Crippen molar-refractivity contribution < 1.29 is 14.5 Å². The number of benzene rings is 3. The third kappa shape index (κ3) is 6.67. The average Bonchev–Trinajstić information content (AvgIpc) is 2.96. The predicted octanol–water partition coefficient (Wildman–Crippen LogP) is 7.31. The molecule has 0 aliphatic carbocycles. The number of piperidine rings is 2. The molecule has 2 aliphatic heterocycles. The van der Waals surface area contributed by atoms with Crippen molar-refractivity contribution in [3.8, 4) is 5.75 Å². The van der Waals surface area contributed by atoms with E-state index in [0.717, 1.165) is 80.6 Å². The number of hydrogen-bond donors (Lipinski definition) is 1. The maximum absolute atomic E-state index is 14.3. The summed E-state index contributed by atoms with van der Waals surface area (Å²) in [6, 6.07) is 23.8. The molecule has 3 aromatic rings. The zero-order chi connectivity index (χ0) is 28.2. The number of halogens is 2. The standard InChI is InChI=1S/C33H40Cl2N2O3/c1-40-29-11-5-8-26(22-29)24-37(39)21-7-15-32(25-37,28-12-13-30(34)31(35)23-28)14-6-18-36-19-16-33(38,17-20-36)27-9-3-2-4-10-27/h2-5,8-13,22-23,38H,6-7,14-21,24-25H2,1H3. The Morgan fingerprint density at radius 1 is 0.925 bits per heavy atom. The van der Waals surface area contributed by atoms with Crippen LogP contribution in [-0.4, -0.2) is 54.5 Å². The van der Waals surface area contributed by atoms with Crippen molar-refractivity contribution >= 4 is 23.2 Å². The van der Waals surface area contributed by atoms with Gasteiger partial charge in [0, 0.05) is 24.1 Å². The molecule has 2 unspecified atom stereocenters. The Bertz CT molecular complexity index is 1280. The molecule has 2 aliphatic rings. The lowest BCUT2D eigenvalue weighted by atomic mass is 9.70. The minimum Gasteiger partial charge on any atom is -0.633 e. The second-order valence-corrected chi connectivity index (χ2v) is 12.6. The maximum Gasteiger partial charge on any atom is 0.119 e. The summed E-state index contributed by atoms with van der Waals surface area (Å²) >= 11 is 12.8. The van der Waals surface area contributed by atoms with Gasteiger partial charge < -0.3 is 24.6 Å². The molecule has 0 spiro atoms. The van der Waals surface area contributed by atoms with Gasteiger partial charge in [-0.1, -0.05) is 71.7 Å². The highest BCUT2D eigenvalue weighted by atomic mass is 35.5. The minimum atomic E-state index is -0.748. The average molecular weight is 584 g/mol. The topological polar surface area (TPSA) is 55.8 Å². The van der Waals surface area contributed by atoms with E-state index in [-0.39, 0.29) is 10.1 Å². The lowest BCUT2D eigenvalue weighted by Crippen LogP contribution is -2.55. The van der Waals surface area contributed by atoms with E-state index < -0.39 is 5.60 Å². The summed E-state index contributed by atoms with van der Waals surface area (Å²) in [6.07, 6.45) is 5.17. The van der Waals surface area contributed by atoms with Gasteiger partial charge in [0.2, 0.25) is 0 Å². The molecule has 1 N–H and O–H groups in total. The van der Waals surface area contributed by atoms with Gasteiger partial charge in [0.05, 0.1) is 35.8 Å². The second-order valence-electron chi connectivity index (χ2n) is 11.8. The second kappa shape index (κ2) is 12.4. The Labute approximate surface area is 248 Å². The fourth-order valence-corrected chi connectivity index (χ4v) is 7.19. The number of rotatable bonds is 9. The summed E-state index contributed by atoms with van der Waals surface area (Å²) in [4.78, 5) is 2.46. The molecule has 5 rings (SSSR count). The minimum absolute atomic E-state index is 0.263. The van der Waals surface area contributed by atoms with Crippen LogP contribution >= 0.6 is 23.2 Å². The number of likely N-dealkylation sites (tertiary alicyclic amines) is 2. The van der Waals surface area contributed by atoms with Crippen LogP contribution in [0.5, 0.6) is 5.75 Å². The van der Waals surface area contributed by atoms with Gasteiger partial charge in [-0.05, 0) is 80.5 Å². The van der Waals surface area contributed by atoms with Gasteiger partial charge in [-0.25, -0.2) is 0 Å². The first-order valence-electron chi connectivity index (χ1n) is 14.4. The SMILES string of the molecule is COc1cccc(C[N+]2([O-])CCCC(CCCN3CCC(O)(c4ccccc4)CC3)(c3ccc(Cl)c(Cl)c3)C2)c1. The van der Waals surface area contributed by atoms with Crippen molar-refractivity contribution in [2.75, 3.05) is 39.8 Å². The molecular weight excluding hydrogens is 543 g/mol. The van der Waals surface area contributed by atoms with Crippen LogP contribution in [0.15, 0.2) is 72.8 Å². The third-order valence-corrected chi connectivity index (χ3v) is 9.81. The van der Waals surface area contributed by atoms with Crippen LogP contribution in [-0.2, 0) is 17.6 Å². The van der Waals surface area contributed by atoms with Crippen molar-refractivity contribution in [2.24, 2.45) is 0 Å². The highest BCUT2D eigenvalue weighted by Gasteiger charge is 2.43. The van der Waals surface area contributed by atoms with Crippen LogP contribution in [0.1, 0.15) is 55.2 Å². The maximum atomic E-state index is 14.3. The highest BCUT2D eigenvalue weighted by molar-refractivity contribution is 6.42. The largest absolute Gasteiger partial charge is 0.633 e. The van der Waals surface area contributed by atoms with Crippen molar-refractivity contribution in [1.82, 2.24) is 4.90 Å². The molecule has 2 saturated heterocycles. The van der Waals surface area contributed by atoms with E-state index in [1.807, 2.05) is 66.7 Å². The number of aliphatic hydroxyl groups is 1. The van der Waals surface area contributed by atoms with E-state index in [2.05, 4.69) is 11.0 Å². The summed E-state index contributed by atoms with van der Waals surface area (Å²) in [7, 11) is 1.65. The van der Waals surface area contributed by atoms with E-state index in [4.69, 9.17) is 27.9 Å². The van der Waals surface area contributed by atoms with Crippen LogP contribution in [0.25, 0.3) is 0 Å². The number of nitrogens with zero attached hydrogens (tertiary/aromatic N) is 2. The summed E-state index contributed by atoms with van der Waals surface area (Å²) in [5.74, 6) is 0.776. The number of ether oxygens (including phenoxy) is 1. The monoisotopic (exact) mass is 582 g/mol. The summed E-state index contributed by atoms with van der Waals surface area (Å²) in [5, 5.41) is 26.6. The first-order valence-corrected chi connectivity index (χ1v) is 15.1. The number of hydrogen-bond acceptors (Lipinski definition) is 4. The molecule has 7 heteroatoms. The molecule has 0 aromatic heterocycles. The Balaban J connectivity index is 1.29. The molecule has 5 nitrogen and oxygen atoms in total. The molecule has 40 heavy (non-hydrogen) atoms. The zero-order valence-corrected chi connectivity index (χ0v) is 24.8. The quantitative estimate of drug-likeness (QED) is 0.212. The fraction of sp³-hybridized carbons (Fsp3) is 0.455. The van der Waals surface area contributed by atoms with E-state index in [9.17, 15) is 10.3 Å². The number of methoxy groups -OCH3 is 1. The smallest absolute Gasteiger partial charge is 0.119 e. The number of hydroxylamine groups is 3. The summed E-state index contributed by atoms with van der Waals surface area (Å²) in [5.41, 5.74) is 2.10. The van der Waals surface area contributed by atoms with Crippen LogP contribution in [0.3, 0.4) is 0 Å². The molecule has 0 bridgehead atoms. The molecule has 2 fully saturated rings. The third-order valence-electron chi connectivity index (χ3n) is 9.07. The Morgan fingerprint density at radius 2 is 1.70 bits per heavy atom. The van der Waals surface area contributed by atoms with Crippen LogP contribution in [0.4, 0.5) is 0 Å². The van der Waals surface area contributed by atoms with Crippen molar-refractivity contribution in [3.63, 3.8) is 0 Å². The Morgan fingerprint density at radius 3 is 2.42 bits per heavy atom. The van der Waals surface area contributed by atoms with E-state index in [1.165, 1.54) is 0 Å². The highest BCUT2D eigenvalue weighted by Crippen LogP contribution is 2.43. The lowest BCUT2D eigenvalue weighted by molar-refractivity contribution is -0.903. The fourth-order valence-electron chi connectivity index (χ4n) is 6.89. The van der Waals surface area contributed by atoms with Crippen LogP contribution in [0, 0.1) is 5.21 Å². The summed E-state index contributed by atoms with van der Waals surface area (Å²) < 4.78 is 5.14. The van der Waals surface area contributed by atoms with Gasteiger partial charge >= 0.3 is 0 Å². The molecule has 2 atom stereocenters. The Hall–Kier alpha value is -2.12. The normalized spacial score (nSPS) is 25.0. The summed E-state index contributed by atoms with van der Waals surface area (Å²) in [6.45, 7) is 4.21. The van der Waals surface area contributed by atoms with Gasteiger partial charge in [-0.15, -0.1) is 0 Å². The zero-order valence-electron chi connectivity index (χ0n) is 23.3.